The third-order valence-electron chi connectivity index (χ3n) is 3.63. The van der Waals surface area contributed by atoms with Gasteiger partial charge in [0.1, 0.15) is 5.75 Å². The van der Waals surface area contributed by atoms with Crippen LogP contribution in [0, 0.1) is 0 Å². The van der Waals surface area contributed by atoms with Crippen molar-refractivity contribution in [3.05, 3.63) is 56.8 Å². The SMILES string of the molecule is C/C=C\S/C=C/Cc1cc2c(cc1Cl)C=C(C(=O)OC)C(C(C)(F)F)O2. The third kappa shape index (κ3) is 4.89. The first kappa shape index (κ1) is 20.5. The second-order valence-electron chi connectivity index (χ2n) is 5.71. The number of esters is 1. The zero-order chi connectivity index (χ0) is 19.3. The summed E-state index contributed by atoms with van der Waals surface area (Å²) >= 11 is 7.81. The zero-order valence-corrected chi connectivity index (χ0v) is 16.2. The number of fused-ring (bicyclic) bond motifs is 1. The summed E-state index contributed by atoms with van der Waals surface area (Å²) in [6.45, 7) is 2.63. The Morgan fingerprint density at radius 1 is 1.42 bits per heavy atom. The van der Waals surface area contributed by atoms with Gasteiger partial charge in [-0.1, -0.05) is 23.8 Å². The molecule has 1 heterocycles. The zero-order valence-electron chi connectivity index (χ0n) is 14.6. The molecular weight excluding hydrogens is 382 g/mol. The minimum Gasteiger partial charge on any atom is -0.478 e. The van der Waals surface area contributed by atoms with E-state index < -0.39 is 18.0 Å². The monoisotopic (exact) mass is 400 g/mol. The van der Waals surface area contributed by atoms with Crippen LogP contribution in [-0.2, 0) is 16.0 Å². The Balaban J connectivity index is 2.35. The van der Waals surface area contributed by atoms with Crippen LogP contribution in [0.4, 0.5) is 8.78 Å². The highest BCUT2D eigenvalue weighted by Gasteiger charge is 2.44. The van der Waals surface area contributed by atoms with Crippen molar-refractivity contribution in [1.82, 2.24) is 0 Å². The van der Waals surface area contributed by atoms with Crippen molar-refractivity contribution in [2.24, 2.45) is 0 Å². The summed E-state index contributed by atoms with van der Waals surface area (Å²) in [5, 5.41) is 4.31. The molecule has 1 unspecified atom stereocenters. The molecule has 0 radical (unpaired) electrons. The Morgan fingerprint density at radius 2 is 2.15 bits per heavy atom. The number of alkyl halides is 2. The Morgan fingerprint density at radius 3 is 2.77 bits per heavy atom. The van der Waals surface area contributed by atoms with Gasteiger partial charge in [-0.3, -0.25) is 0 Å². The van der Waals surface area contributed by atoms with E-state index in [1.807, 2.05) is 29.9 Å². The van der Waals surface area contributed by atoms with Crippen molar-refractivity contribution >= 4 is 35.4 Å². The molecule has 140 valence electrons. The standard InChI is InChI=1S/C19H19ClF2O3S/c1-4-7-26-8-5-6-12-11-16-13(10-15(12)20)9-14(18(23)24-3)17(25-16)19(2,21)22/h4-5,7-11,17H,6H2,1-3H3/b7-4-,8-5+. The summed E-state index contributed by atoms with van der Waals surface area (Å²) in [7, 11) is 1.14. The van der Waals surface area contributed by atoms with Gasteiger partial charge in [-0.2, -0.15) is 0 Å². The summed E-state index contributed by atoms with van der Waals surface area (Å²) in [5.41, 5.74) is 0.974. The number of hydrogen-bond donors (Lipinski definition) is 0. The van der Waals surface area contributed by atoms with E-state index in [1.165, 1.54) is 17.8 Å². The molecule has 0 amide bonds. The Hall–Kier alpha value is -1.79. The predicted molar refractivity (Wildman–Crippen MR) is 102 cm³/mol. The van der Waals surface area contributed by atoms with Crippen LogP contribution in [0.5, 0.6) is 5.75 Å². The minimum atomic E-state index is -3.25. The molecule has 1 aliphatic heterocycles. The Kier molecular flexibility index (Phi) is 6.89. The number of hydrogen-bond acceptors (Lipinski definition) is 4. The van der Waals surface area contributed by atoms with Gasteiger partial charge in [0.2, 0.25) is 0 Å². The van der Waals surface area contributed by atoms with Gasteiger partial charge in [0, 0.05) is 17.5 Å². The second kappa shape index (κ2) is 8.73. The second-order valence-corrected chi connectivity index (χ2v) is 6.93. The van der Waals surface area contributed by atoms with Crippen molar-refractivity contribution in [3.8, 4) is 5.75 Å². The number of ether oxygens (including phenoxy) is 2. The molecule has 26 heavy (non-hydrogen) atoms. The van der Waals surface area contributed by atoms with E-state index >= 15 is 0 Å². The number of thioether (sulfide) groups is 1. The van der Waals surface area contributed by atoms with E-state index in [4.69, 9.17) is 16.3 Å². The highest BCUT2D eigenvalue weighted by Crippen LogP contribution is 2.39. The van der Waals surface area contributed by atoms with E-state index in [-0.39, 0.29) is 11.3 Å². The maximum absolute atomic E-state index is 13.9. The number of benzene rings is 1. The molecule has 0 fully saturated rings. The normalized spacial score (nSPS) is 17.2. The summed E-state index contributed by atoms with van der Waals surface area (Å²) < 4.78 is 37.9. The molecule has 0 saturated heterocycles. The quantitative estimate of drug-likeness (QED) is 0.579. The van der Waals surface area contributed by atoms with E-state index in [9.17, 15) is 13.6 Å². The number of halogens is 3. The maximum Gasteiger partial charge on any atom is 0.337 e. The average molecular weight is 401 g/mol. The third-order valence-corrected chi connectivity index (χ3v) is 4.76. The molecular formula is C19H19ClF2O3S. The van der Waals surface area contributed by atoms with Crippen molar-refractivity contribution in [3.63, 3.8) is 0 Å². The molecule has 0 spiro atoms. The molecule has 0 aliphatic carbocycles. The summed E-state index contributed by atoms with van der Waals surface area (Å²) in [4.78, 5) is 11.9. The molecule has 7 heteroatoms. The highest BCUT2D eigenvalue weighted by molar-refractivity contribution is 8.04. The lowest BCUT2D eigenvalue weighted by Gasteiger charge is -2.30. The van der Waals surface area contributed by atoms with Crippen LogP contribution in [0.15, 0.2) is 40.7 Å². The number of methoxy groups -OCH3 is 1. The summed E-state index contributed by atoms with van der Waals surface area (Å²) in [6, 6.07) is 3.23. The molecule has 1 atom stereocenters. The first-order valence-corrected chi connectivity index (χ1v) is 9.18. The largest absolute Gasteiger partial charge is 0.478 e. The van der Waals surface area contributed by atoms with Crippen LogP contribution < -0.4 is 4.74 Å². The number of allylic oxidation sites excluding steroid dienone is 2. The van der Waals surface area contributed by atoms with Gasteiger partial charge < -0.3 is 9.47 Å². The lowest BCUT2D eigenvalue weighted by atomic mass is 9.96. The molecule has 0 saturated carbocycles. The van der Waals surface area contributed by atoms with Gasteiger partial charge in [-0.05, 0) is 47.9 Å². The van der Waals surface area contributed by atoms with E-state index in [2.05, 4.69) is 4.74 Å². The maximum atomic E-state index is 13.9. The van der Waals surface area contributed by atoms with E-state index in [0.29, 0.717) is 23.9 Å². The molecule has 1 aromatic carbocycles. The fraction of sp³-hybridized carbons (Fsp3) is 0.316. The molecule has 2 rings (SSSR count). The van der Waals surface area contributed by atoms with Gasteiger partial charge in [0.05, 0.1) is 12.7 Å². The van der Waals surface area contributed by atoms with Crippen LogP contribution in [0.3, 0.4) is 0 Å². The highest BCUT2D eigenvalue weighted by atomic mass is 35.5. The van der Waals surface area contributed by atoms with Crippen LogP contribution in [0.25, 0.3) is 6.08 Å². The van der Waals surface area contributed by atoms with E-state index in [0.717, 1.165) is 12.7 Å². The lowest BCUT2D eigenvalue weighted by molar-refractivity contribution is -0.140. The smallest absolute Gasteiger partial charge is 0.337 e. The summed E-state index contributed by atoms with van der Waals surface area (Å²) in [6.07, 6.45) is 4.01. The van der Waals surface area contributed by atoms with Crippen LogP contribution >= 0.6 is 23.4 Å². The van der Waals surface area contributed by atoms with Gasteiger partial charge in [0.25, 0.3) is 5.92 Å². The average Bonchev–Trinajstić information content (AvgIpc) is 2.59. The van der Waals surface area contributed by atoms with Crippen molar-refractivity contribution in [2.45, 2.75) is 32.3 Å². The van der Waals surface area contributed by atoms with Crippen LogP contribution in [0.2, 0.25) is 5.02 Å². The van der Waals surface area contributed by atoms with Gasteiger partial charge in [-0.25, -0.2) is 13.6 Å². The molecule has 3 nitrogen and oxygen atoms in total. The van der Waals surface area contributed by atoms with Gasteiger partial charge in [0.15, 0.2) is 6.10 Å². The number of rotatable bonds is 6. The minimum absolute atomic E-state index is 0.237. The summed E-state index contributed by atoms with van der Waals surface area (Å²) in [5.74, 6) is -3.84. The van der Waals surface area contributed by atoms with Crippen LogP contribution in [0.1, 0.15) is 25.0 Å². The molecule has 1 aliphatic rings. The molecule has 0 N–H and O–H groups in total. The first-order valence-electron chi connectivity index (χ1n) is 7.86. The van der Waals surface area contributed by atoms with E-state index in [1.54, 1.807) is 12.1 Å². The first-order chi connectivity index (χ1) is 12.3. The Bertz CT molecular complexity index is 767. The molecule has 1 aromatic rings. The number of carbonyl (C=O) groups is 1. The van der Waals surface area contributed by atoms with Crippen molar-refractivity contribution < 1.29 is 23.0 Å². The van der Waals surface area contributed by atoms with Gasteiger partial charge >= 0.3 is 5.97 Å². The number of carbonyl (C=O) groups excluding carboxylic acids is 1. The molecule has 0 aromatic heterocycles. The fourth-order valence-corrected chi connectivity index (χ4v) is 3.14. The van der Waals surface area contributed by atoms with Crippen molar-refractivity contribution in [1.29, 1.82) is 0 Å². The molecule has 0 bridgehead atoms. The van der Waals surface area contributed by atoms with Crippen molar-refractivity contribution in [2.75, 3.05) is 7.11 Å². The lowest BCUT2D eigenvalue weighted by Crippen LogP contribution is -2.41. The van der Waals surface area contributed by atoms with Crippen LogP contribution in [-0.4, -0.2) is 25.1 Å². The fourth-order valence-electron chi connectivity index (χ4n) is 2.43. The Labute approximate surface area is 160 Å². The topological polar surface area (TPSA) is 35.5 Å². The predicted octanol–water partition coefficient (Wildman–Crippen LogP) is 5.64. The van der Waals surface area contributed by atoms with Gasteiger partial charge in [-0.15, -0.1) is 11.8 Å².